The van der Waals surface area contributed by atoms with Gasteiger partial charge in [-0.2, -0.15) is 0 Å². The molecule has 29 heavy (non-hydrogen) atoms. The highest BCUT2D eigenvalue weighted by molar-refractivity contribution is 9.08. The molecule has 4 unspecified atom stereocenters. The van der Waals surface area contributed by atoms with Crippen LogP contribution in [0.4, 0.5) is 5.69 Å². The molecule has 0 heterocycles. The Labute approximate surface area is 190 Å². The monoisotopic (exact) mass is 518 g/mol. The van der Waals surface area contributed by atoms with E-state index in [0.717, 1.165) is 18.4 Å². The van der Waals surface area contributed by atoms with Crippen molar-refractivity contribution in [2.24, 2.45) is 5.92 Å². The Hall–Kier alpha value is -0.830. The second-order valence-electron chi connectivity index (χ2n) is 7.66. The molecule has 2 bridgehead atoms. The van der Waals surface area contributed by atoms with Gasteiger partial charge in [0, 0.05) is 28.7 Å². The predicted octanol–water partition coefficient (Wildman–Crippen LogP) is 5.58. The molecule has 156 valence electrons. The molecule has 0 saturated heterocycles. The number of fused-ring (bicyclic) bond motifs is 2. The van der Waals surface area contributed by atoms with Crippen molar-refractivity contribution in [3.63, 3.8) is 0 Å². The first kappa shape index (κ1) is 21.4. The molecular weight excluding hydrogens is 501 g/mol. The van der Waals surface area contributed by atoms with Crippen LogP contribution in [0.1, 0.15) is 31.2 Å². The number of alkyl halides is 1. The molecule has 0 spiro atoms. The number of hydrogen-bond donors (Lipinski definition) is 1. The summed E-state index contributed by atoms with van der Waals surface area (Å²) in [6, 6.07) is 10.1. The van der Waals surface area contributed by atoms with Crippen LogP contribution in [0.25, 0.3) is 0 Å². The number of aliphatic hydroxyl groups is 1. The number of halogens is 3. The van der Waals surface area contributed by atoms with Gasteiger partial charge in [-0.15, -0.1) is 0 Å². The molecule has 0 amide bonds. The van der Waals surface area contributed by atoms with Gasteiger partial charge in [-0.05, 0) is 61.4 Å². The highest BCUT2D eigenvalue weighted by Crippen LogP contribution is 2.50. The SMILES string of the molecule is O=S([O-])N(c1cccc(Oc2c(Cl)cc(CBr)cc2Cl)c1)C1CC2(O)CCC1C2. The fourth-order valence-electron chi connectivity index (χ4n) is 4.47. The van der Waals surface area contributed by atoms with Crippen LogP contribution < -0.4 is 9.04 Å². The van der Waals surface area contributed by atoms with Gasteiger partial charge >= 0.3 is 0 Å². The van der Waals surface area contributed by atoms with E-state index in [0.29, 0.717) is 45.4 Å². The minimum Gasteiger partial charge on any atom is -0.755 e. The van der Waals surface area contributed by atoms with Gasteiger partial charge in [-0.1, -0.05) is 45.2 Å². The smallest absolute Gasteiger partial charge is 0.164 e. The largest absolute Gasteiger partial charge is 0.755 e. The Morgan fingerprint density at radius 3 is 2.55 bits per heavy atom. The van der Waals surface area contributed by atoms with Crippen LogP contribution in [-0.4, -0.2) is 25.5 Å². The molecule has 2 aliphatic rings. The summed E-state index contributed by atoms with van der Waals surface area (Å²) in [5.74, 6) is 0.901. The van der Waals surface area contributed by atoms with Crippen LogP contribution in [0.15, 0.2) is 36.4 Å². The molecule has 2 aliphatic carbocycles. The number of nitrogens with zero attached hydrogens (tertiary/aromatic N) is 1. The van der Waals surface area contributed by atoms with Gasteiger partial charge in [-0.3, -0.25) is 8.51 Å². The van der Waals surface area contributed by atoms with Gasteiger partial charge in [0.2, 0.25) is 0 Å². The van der Waals surface area contributed by atoms with Crippen LogP contribution in [0.3, 0.4) is 0 Å². The second-order valence-corrected chi connectivity index (χ2v) is 9.87. The third kappa shape index (κ3) is 4.31. The Morgan fingerprint density at radius 2 is 2.00 bits per heavy atom. The summed E-state index contributed by atoms with van der Waals surface area (Å²) in [4.78, 5) is 0. The van der Waals surface area contributed by atoms with Gasteiger partial charge in [-0.25, -0.2) is 0 Å². The molecule has 2 fully saturated rings. The molecule has 1 N–H and O–H groups in total. The van der Waals surface area contributed by atoms with E-state index in [1.54, 1.807) is 36.4 Å². The van der Waals surface area contributed by atoms with Crippen LogP contribution in [0.2, 0.25) is 10.0 Å². The number of benzene rings is 2. The molecular formula is C20H19BrCl2NO4S-. The first-order chi connectivity index (χ1) is 13.8. The van der Waals surface area contributed by atoms with Crippen LogP contribution in [0, 0.1) is 5.92 Å². The lowest BCUT2D eigenvalue weighted by Gasteiger charge is -2.38. The fraction of sp³-hybridized carbons (Fsp3) is 0.400. The zero-order chi connectivity index (χ0) is 20.8. The second kappa shape index (κ2) is 8.36. The summed E-state index contributed by atoms with van der Waals surface area (Å²) in [6.45, 7) is 0. The summed E-state index contributed by atoms with van der Waals surface area (Å²) in [5.41, 5.74) is 0.656. The Morgan fingerprint density at radius 1 is 1.28 bits per heavy atom. The van der Waals surface area contributed by atoms with Gasteiger partial charge < -0.3 is 14.4 Å². The Bertz CT molecular complexity index is 939. The first-order valence-electron chi connectivity index (χ1n) is 9.22. The van der Waals surface area contributed by atoms with Crippen molar-refractivity contribution in [3.05, 3.63) is 52.0 Å². The van der Waals surface area contributed by atoms with Gasteiger partial charge in [0.05, 0.1) is 21.3 Å². The van der Waals surface area contributed by atoms with Crippen molar-refractivity contribution < 1.29 is 18.6 Å². The minimum absolute atomic E-state index is 0.156. The van der Waals surface area contributed by atoms with E-state index in [-0.39, 0.29) is 12.0 Å². The zero-order valence-electron chi connectivity index (χ0n) is 15.3. The van der Waals surface area contributed by atoms with Crippen molar-refractivity contribution in [2.45, 2.75) is 42.7 Å². The van der Waals surface area contributed by atoms with E-state index >= 15 is 0 Å². The third-order valence-electron chi connectivity index (χ3n) is 5.72. The summed E-state index contributed by atoms with van der Waals surface area (Å²) in [7, 11) is 0. The van der Waals surface area contributed by atoms with Crippen molar-refractivity contribution >= 4 is 56.1 Å². The van der Waals surface area contributed by atoms with E-state index in [2.05, 4.69) is 15.9 Å². The summed E-state index contributed by atoms with van der Waals surface area (Å²) < 4.78 is 31.4. The van der Waals surface area contributed by atoms with Crippen molar-refractivity contribution in [1.82, 2.24) is 0 Å². The number of rotatable bonds is 6. The average Bonchev–Trinajstić information content (AvgIpc) is 3.20. The van der Waals surface area contributed by atoms with Gasteiger partial charge in [0.25, 0.3) is 0 Å². The van der Waals surface area contributed by atoms with Crippen molar-refractivity contribution in [1.29, 1.82) is 0 Å². The Kier molecular flexibility index (Phi) is 6.17. The molecule has 9 heteroatoms. The molecule has 0 aromatic heterocycles. The maximum Gasteiger partial charge on any atom is 0.164 e. The third-order valence-corrected chi connectivity index (χ3v) is 7.73. The number of ether oxygens (including phenoxy) is 1. The molecule has 5 nitrogen and oxygen atoms in total. The van der Waals surface area contributed by atoms with E-state index in [4.69, 9.17) is 27.9 Å². The molecule has 2 saturated carbocycles. The summed E-state index contributed by atoms with van der Waals surface area (Å²) in [5, 5.41) is 11.9. The van der Waals surface area contributed by atoms with Gasteiger partial charge in [0.15, 0.2) is 5.75 Å². The van der Waals surface area contributed by atoms with E-state index in [9.17, 15) is 13.9 Å². The molecule has 4 atom stereocenters. The molecule has 2 aromatic rings. The lowest BCUT2D eigenvalue weighted by atomic mass is 9.93. The van der Waals surface area contributed by atoms with E-state index in [1.165, 1.54) is 4.31 Å². The van der Waals surface area contributed by atoms with Crippen molar-refractivity contribution in [2.75, 3.05) is 4.31 Å². The standard InChI is InChI=1S/C20H20BrCl2NO4S/c21-11-12-6-16(22)19(17(23)7-12)28-15-3-1-2-14(8-15)24(29(26)27)18-10-20(25)5-4-13(18)9-20/h1-3,6-8,13,18,25H,4-5,9-11H2,(H,26,27)/p-1. The average molecular weight is 520 g/mol. The maximum atomic E-state index is 12.1. The Balaban J connectivity index is 1.62. The molecule has 0 aliphatic heterocycles. The van der Waals surface area contributed by atoms with Crippen LogP contribution >= 0.6 is 39.1 Å². The lowest BCUT2D eigenvalue weighted by molar-refractivity contribution is 0.0495. The topological polar surface area (TPSA) is 72.8 Å². The minimum atomic E-state index is -2.47. The molecule has 4 rings (SSSR count). The highest BCUT2D eigenvalue weighted by atomic mass is 79.9. The lowest BCUT2D eigenvalue weighted by Crippen LogP contribution is -2.42. The van der Waals surface area contributed by atoms with E-state index < -0.39 is 16.9 Å². The van der Waals surface area contributed by atoms with Crippen LogP contribution in [0.5, 0.6) is 11.5 Å². The normalized spacial score (nSPS) is 26.5. The highest BCUT2D eigenvalue weighted by Gasteiger charge is 2.51. The quantitative estimate of drug-likeness (QED) is 0.399. The van der Waals surface area contributed by atoms with E-state index in [1.807, 2.05) is 0 Å². The maximum absolute atomic E-state index is 12.1. The van der Waals surface area contributed by atoms with Gasteiger partial charge in [0.1, 0.15) is 5.75 Å². The fourth-order valence-corrected chi connectivity index (χ4v) is 6.15. The first-order valence-corrected chi connectivity index (χ1v) is 12.1. The van der Waals surface area contributed by atoms with Crippen LogP contribution in [-0.2, 0) is 16.6 Å². The molecule has 2 aromatic carbocycles. The zero-order valence-corrected chi connectivity index (χ0v) is 19.2. The summed E-state index contributed by atoms with van der Waals surface area (Å²) >= 11 is 13.5. The van der Waals surface area contributed by atoms with Crippen molar-refractivity contribution in [3.8, 4) is 11.5 Å². The number of anilines is 1. The molecule has 0 radical (unpaired) electrons. The number of hydrogen-bond acceptors (Lipinski definition) is 4. The summed E-state index contributed by atoms with van der Waals surface area (Å²) in [6.07, 6.45) is 2.66. The predicted molar refractivity (Wildman–Crippen MR) is 118 cm³/mol.